The number of halogens is 1. The van der Waals surface area contributed by atoms with Crippen LogP contribution < -0.4 is 4.74 Å². The number of carbonyl (C=O) groups is 1. The van der Waals surface area contributed by atoms with E-state index in [1.54, 1.807) is 19.2 Å². The lowest BCUT2D eigenvalue weighted by molar-refractivity contribution is 0.110. The summed E-state index contributed by atoms with van der Waals surface area (Å²) >= 11 is 3.43. The summed E-state index contributed by atoms with van der Waals surface area (Å²) in [4.78, 5) is 10.5. The van der Waals surface area contributed by atoms with Gasteiger partial charge in [0.15, 0.2) is 12.0 Å². The van der Waals surface area contributed by atoms with Crippen LogP contribution >= 0.6 is 15.9 Å². The van der Waals surface area contributed by atoms with E-state index in [2.05, 4.69) is 15.9 Å². The molecule has 1 aromatic heterocycles. The number of carbonyl (C=O) groups excluding carboxylic acids is 1. The summed E-state index contributed by atoms with van der Waals surface area (Å²) < 4.78 is 11.3. The Morgan fingerprint density at radius 3 is 2.69 bits per heavy atom. The molecule has 3 nitrogen and oxygen atoms in total. The Kier molecular flexibility index (Phi) is 3.10. The lowest BCUT2D eigenvalue weighted by Crippen LogP contribution is -1.83. The Labute approximate surface area is 101 Å². The third-order valence-electron chi connectivity index (χ3n) is 2.18. The number of aldehydes is 1. The first kappa shape index (κ1) is 11.0. The van der Waals surface area contributed by atoms with Gasteiger partial charge >= 0.3 is 0 Å². The van der Waals surface area contributed by atoms with Crippen molar-refractivity contribution in [3.8, 4) is 17.1 Å². The van der Waals surface area contributed by atoms with Gasteiger partial charge in [0.25, 0.3) is 0 Å². The molecule has 82 valence electrons. The molecule has 0 unspecified atom stereocenters. The number of furan rings is 1. The summed E-state index contributed by atoms with van der Waals surface area (Å²) in [5.74, 6) is 1.73. The second-order valence-electron chi connectivity index (χ2n) is 3.17. The van der Waals surface area contributed by atoms with Gasteiger partial charge in [-0.15, -0.1) is 0 Å². The second-order valence-corrected chi connectivity index (χ2v) is 4.02. The summed E-state index contributed by atoms with van der Waals surface area (Å²) in [7, 11) is 1.61. The van der Waals surface area contributed by atoms with E-state index < -0.39 is 0 Å². The maximum Gasteiger partial charge on any atom is 0.185 e. The molecule has 0 atom stereocenters. The lowest BCUT2D eigenvalue weighted by Gasteiger charge is -2.04. The van der Waals surface area contributed by atoms with E-state index in [9.17, 15) is 4.79 Å². The van der Waals surface area contributed by atoms with Gasteiger partial charge in [0.1, 0.15) is 11.5 Å². The van der Waals surface area contributed by atoms with Crippen molar-refractivity contribution in [3.63, 3.8) is 0 Å². The lowest BCUT2D eigenvalue weighted by atomic mass is 10.2. The van der Waals surface area contributed by atoms with Gasteiger partial charge in [-0.1, -0.05) is 0 Å². The number of benzene rings is 1. The van der Waals surface area contributed by atoms with Gasteiger partial charge in [0.2, 0.25) is 0 Å². The Hall–Kier alpha value is -1.55. The van der Waals surface area contributed by atoms with Crippen LogP contribution in [0.3, 0.4) is 0 Å². The number of hydrogen-bond acceptors (Lipinski definition) is 3. The van der Waals surface area contributed by atoms with Crippen molar-refractivity contribution >= 4 is 22.2 Å². The predicted molar refractivity (Wildman–Crippen MR) is 63.8 cm³/mol. The zero-order chi connectivity index (χ0) is 11.5. The first-order chi connectivity index (χ1) is 7.74. The molecule has 0 spiro atoms. The van der Waals surface area contributed by atoms with Crippen LogP contribution in [0.25, 0.3) is 11.3 Å². The quantitative estimate of drug-likeness (QED) is 0.808. The maximum atomic E-state index is 10.5. The molecule has 1 aromatic carbocycles. The van der Waals surface area contributed by atoms with Crippen LogP contribution in [-0.2, 0) is 0 Å². The van der Waals surface area contributed by atoms with E-state index in [1.807, 2.05) is 18.2 Å². The van der Waals surface area contributed by atoms with Crippen LogP contribution in [0.15, 0.2) is 39.2 Å². The number of hydrogen-bond donors (Lipinski definition) is 0. The fourth-order valence-corrected chi connectivity index (χ4v) is 1.94. The van der Waals surface area contributed by atoms with Gasteiger partial charge in [-0.2, -0.15) is 0 Å². The molecular formula is C12H9BrO3. The highest BCUT2D eigenvalue weighted by Crippen LogP contribution is 2.32. The molecule has 16 heavy (non-hydrogen) atoms. The van der Waals surface area contributed by atoms with Gasteiger partial charge in [0, 0.05) is 10.0 Å². The van der Waals surface area contributed by atoms with Crippen LogP contribution in [0.5, 0.6) is 5.75 Å². The Morgan fingerprint density at radius 1 is 1.31 bits per heavy atom. The zero-order valence-corrected chi connectivity index (χ0v) is 10.2. The van der Waals surface area contributed by atoms with Gasteiger partial charge in [-0.3, -0.25) is 4.79 Å². The van der Waals surface area contributed by atoms with Crippen LogP contribution in [0.1, 0.15) is 10.6 Å². The first-order valence-corrected chi connectivity index (χ1v) is 5.43. The molecule has 4 heteroatoms. The minimum absolute atomic E-state index is 0.317. The molecule has 0 bridgehead atoms. The fourth-order valence-electron chi connectivity index (χ4n) is 1.38. The average Bonchev–Trinajstić information content (AvgIpc) is 2.77. The molecule has 0 fully saturated rings. The summed E-state index contributed by atoms with van der Waals surface area (Å²) in [6.07, 6.45) is 0.681. The summed E-state index contributed by atoms with van der Waals surface area (Å²) in [5.41, 5.74) is 0.883. The SMILES string of the molecule is COc1ccc(-c2ccc(C=O)o2)c(Br)c1. The van der Waals surface area contributed by atoms with Crippen molar-refractivity contribution in [1.29, 1.82) is 0 Å². The van der Waals surface area contributed by atoms with Gasteiger partial charge in [-0.05, 0) is 46.3 Å². The minimum atomic E-state index is 0.317. The number of rotatable bonds is 3. The van der Waals surface area contributed by atoms with Crippen LogP contribution in [-0.4, -0.2) is 13.4 Å². The summed E-state index contributed by atoms with van der Waals surface area (Å²) in [6.45, 7) is 0. The molecule has 0 saturated heterocycles. The van der Waals surface area contributed by atoms with E-state index in [0.29, 0.717) is 17.8 Å². The topological polar surface area (TPSA) is 39.4 Å². The van der Waals surface area contributed by atoms with E-state index >= 15 is 0 Å². The number of ether oxygens (including phenoxy) is 1. The van der Waals surface area contributed by atoms with Gasteiger partial charge in [0.05, 0.1) is 7.11 Å². The molecule has 0 aliphatic heterocycles. The average molecular weight is 281 g/mol. The largest absolute Gasteiger partial charge is 0.497 e. The Bertz CT molecular complexity index is 517. The normalized spacial score (nSPS) is 10.1. The van der Waals surface area contributed by atoms with Crippen LogP contribution in [0, 0.1) is 0 Å². The third kappa shape index (κ3) is 2.02. The first-order valence-electron chi connectivity index (χ1n) is 4.63. The molecule has 0 aliphatic carbocycles. The molecule has 0 radical (unpaired) electrons. The van der Waals surface area contributed by atoms with Gasteiger partial charge in [-0.25, -0.2) is 0 Å². The highest BCUT2D eigenvalue weighted by molar-refractivity contribution is 9.10. The third-order valence-corrected chi connectivity index (χ3v) is 2.84. The van der Waals surface area contributed by atoms with Crippen molar-refractivity contribution in [3.05, 3.63) is 40.6 Å². The molecule has 2 rings (SSSR count). The number of methoxy groups -OCH3 is 1. The van der Waals surface area contributed by atoms with Crippen molar-refractivity contribution < 1.29 is 13.9 Å². The second kappa shape index (κ2) is 4.53. The van der Waals surface area contributed by atoms with E-state index in [-0.39, 0.29) is 0 Å². The van der Waals surface area contributed by atoms with Crippen molar-refractivity contribution in [2.75, 3.05) is 7.11 Å². The van der Waals surface area contributed by atoms with E-state index in [0.717, 1.165) is 15.8 Å². The summed E-state index contributed by atoms with van der Waals surface area (Å²) in [6, 6.07) is 8.95. The fraction of sp³-hybridized carbons (Fsp3) is 0.0833. The zero-order valence-electron chi connectivity index (χ0n) is 8.57. The van der Waals surface area contributed by atoms with Crippen molar-refractivity contribution in [2.45, 2.75) is 0 Å². The molecule has 1 heterocycles. The van der Waals surface area contributed by atoms with E-state index in [1.165, 1.54) is 0 Å². The van der Waals surface area contributed by atoms with Crippen molar-refractivity contribution in [2.24, 2.45) is 0 Å². The van der Waals surface area contributed by atoms with Crippen LogP contribution in [0.4, 0.5) is 0 Å². The maximum absolute atomic E-state index is 10.5. The highest BCUT2D eigenvalue weighted by Gasteiger charge is 2.08. The molecule has 0 aliphatic rings. The predicted octanol–water partition coefficient (Wildman–Crippen LogP) is 3.53. The molecule has 0 saturated carbocycles. The van der Waals surface area contributed by atoms with E-state index in [4.69, 9.17) is 9.15 Å². The monoisotopic (exact) mass is 280 g/mol. The Morgan fingerprint density at radius 2 is 2.12 bits per heavy atom. The molecule has 0 N–H and O–H groups in total. The van der Waals surface area contributed by atoms with Crippen molar-refractivity contribution in [1.82, 2.24) is 0 Å². The Balaban J connectivity index is 2.43. The smallest absolute Gasteiger partial charge is 0.185 e. The summed E-state index contributed by atoms with van der Waals surface area (Å²) in [5, 5.41) is 0. The highest BCUT2D eigenvalue weighted by atomic mass is 79.9. The standard InChI is InChI=1S/C12H9BrO3/c1-15-8-2-4-10(11(13)6-8)12-5-3-9(7-14)16-12/h2-7H,1H3. The van der Waals surface area contributed by atoms with Crippen LogP contribution in [0.2, 0.25) is 0 Å². The molecular weight excluding hydrogens is 272 g/mol. The molecule has 2 aromatic rings. The molecule has 0 amide bonds. The van der Waals surface area contributed by atoms with Gasteiger partial charge < -0.3 is 9.15 Å². The minimum Gasteiger partial charge on any atom is -0.497 e.